The third-order valence-electron chi connectivity index (χ3n) is 1.16. The fourth-order valence-corrected chi connectivity index (χ4v) is 0.550. The molecule has 0 bridgehead atoms. The van der Waals surface area contributed by atoms with Crippen molar-refractivity contribution in [3.05, 3.63) is 0 Å². The number of hydrogen-bond acceptors (Lipinski definition) is 4. The molecule has 0 rings (SSSR count). The molecule has 68 valence electrons. The Kier molecular flexibility index (Phi) is 7.83. The van der Waals surface area contributed by atoms with E-state index in [1.807, 2.05) is 6.92 Å². The molecule has 3 N–H and O–H groups in total. The van der Waals surface area contributed by atoms with Gasteiger partial charge in [0.15, 0.2) is 0 Å². The number of aliphatic hydroxyl groups is 1. The number of aliphatic hydroxyl groups excluding tert-OH is 1. The van der Waals surface area contributed by atoms with Gasteiger partial charge < -0.3 is 20.3 Å². The molecule has 0 aromatic rings. The molecule has 0 radical (unpaired) electrons. The molecular weight excluding hydrogens is 146 g/mol. The molecule has 11 heavy (non-hydrogen) atoms. The highest BCUT2D eigenvalue weighted by molar-refractivity contribution is 4.51. The van der Waals surface area contributed by atoms with E-state index < -0.39 is 6.10 Å². The maximum absolute atomic E-state index is 8.92. The fraction of sp³-hybridized carbons (Fsp3) is 1.00. The quantitative estimate of drug-likeness (QED) is 0.490. The standard InChI is InChI=1S/C7H17NO3/c1-2-10-3-4-11-6-7(9)5-8/h7,9H,2-6,8H2,1H3/t7-/m1/s1. The first-order chi connectivity index (χ1) is 5.31. The van der Waals surface area contributed by atoms with Crippen molar-refractivity contribution in [3.63, 3.8) is 0 Å². The smallest absolute Gasteiger partial charge is 0.0895 e. The summed E-state index contributed by atoms with van der Waals surface area (Å²) in [5.74, 6) is 0. The van der Waals surface area contributed by atoms with Crippen molar-refractivity contribution in [2.45, 2.75) is 13.0 Å². The van der Waals surface area contributed by atoms with Gasteiger partial charge in [0, 0.05) is 13.2 Å². The zero-order valence-corrected chi connectivity index (χ0v) is 6.95. The normalized spacial score (nSPS) is 13.4. The molecule has 0 heterocycles. The fourth-order valence-electron chi connectivity index (χ4n) is 0.550. The molecule has 4 heteroatoms. The predicted molar refractivity (Wildman–Crippen MR) is 42.4 cm³/mol. The van der Waals surface area contributed by atoms with Crippen LogP contribution >= 0.6 is 0 Å². The number of rotatable bonds is 7. The van der Waals surface area contributed by atoms with Gasteiger partial charge in [-0.25, -0.2) is 0 Å². The molecule has 1 atom stereocenters. The molecule has 0 amide bonds. The van der Waals surface area contributed by atoms with Crippen LogP contribution in [0.15, 0.2) is 0 Å². The molecule has 0 saturated heterocycles. The lowest BCUT2D eigenvalue weighted by atomic mass is 10.4. The Morgan fingerprint density at radius 3 is 2.55 bits per heavy atom. The highest BCUT2D eigenvalue weighted by Crippen LogP contribution is 1.82. The van der Waals surface area contributed by atoms with Crippen LogP contribution in [0.1, 0.15) is 6.92 Å². The van der Waals surface area contributed by atoms with Crippen molar-refractivity contribution in [2.75, 3.05) is 33.0 Å². The van der Waals surface area contributed by atoms with E-state index in [0.29, 0.717) is 26.4 Å². The van der Waals surface area contributed by atoms with E-state index in [-0.39, 0.29) is 6.54 Å². The Labute approximate surface area is 67.3 Å². The van der Waals surface area contributed by atoms with Crippen LogP contribution < -0.4 is 5.73 Å². The van der Waals surface area contributed by atoms with Crippen molar-refractivity contribution < 1.29 is 14.6 Å². The van der Waals surface area contributed by atoms with Crippen LogP contribution in [0.2, 0.25) is 0 Å². The largest absolute Gasteiger partial charge is 0.389 e. The summed E-state index contributed by atoms with van der Waals surface area (Å²) in [4.78, 5) is 0. The summed E-state index contributed by atoms with van der Waals surface area (Å²) in [6, 6.07) is 0. The lowest BCUT2D eigenvalue weighted by Crippen LogP contribution is -2.25. The third-order valence-corrected chi connectivity index (χ3v) is 1.16. The van der Waals surface area contributed by atoms with E-state index in [9.17, 15) is 0 Å². The van der Waals surface area contributed by atoms with Crippen molar-refractivity contribution in [2.24, 2.45) is 5.73 Å². The third kappa shape index (κ3) is 7.74. The van der Waals surface area contributed by atoms with Gasteiger partial charge in [0.05, 0.1) is 25.9 Å². The van der Waals surface area contributed by atoms with E-state index in [1.54, 1.807) is 0 Å². The Morgan fingerprint density at radius 2 is 2.00 bits per heavy atom. The predicted octanol–water partition coefficient (Wildman–Crippen LogP) is -0.641. The summed E-state index contributed by atoms with van der Waals surface area (Å²) >= 11 is 0. The number of ether oxygens (including phenoxy) is 2. The average Bonchev–Trinajstić information content (AvgIpc) is 2.04. The molecule has 0 fully saturated rings. The summed E-state index contributed by atoms with van der Waals surface area (Å²) in [6.45, 7) is 4.26. The highest BCUT2D eigenvalue weighted by atomic mass is 16.5. The van der Waals surface area contributed by atoms with Gasteiger partial charge in [-0.15, -0.1) is 0 Å². The van der Waals surface area contributed by atoms with Gasteiger partial charge in [-0.05, 0) is 6.92 Å². The Bertz CT molecular complexity index is 80.1. The van der Waals surface area contributed by atoms with Crippen molar-refractivity contribution >= 4 is 0 Å². The van der Waals surface area contributed by atoms with Gasteiger partial charge in [0.1, 0.15) is 0 Å². The molecular formula is C7H17NO3. The maximum atomic E-state index is 8.92. The van der Waals surface area contributed by atoms with E-state index in [1.165, 1.54) is 0 Å². The van der Waals surface area contributed by atoms with Crippen LogP contribution in [0.3, 0.4) is 0 Å². The second-order valence-corrected chi connectivity index (χ2v) is 2.16. The Hall–Kier alpha value is -0.160. The van der Waals surface area contributed by atoms with Gasteiger partial charge in [0.25, 0.3) is 0 Å². The molecule has 4 nitrogen and oxygen atoms in total. The molecule has 0 aromatic carbocycles. The lowest BCUT2D eigenvalue weighted by molar-refractivity contribution is 0.00906. The first kappa shape index (κ1) is 10.8. The number of nitrogens with two attached hydrogens (primary N) is 1. The first-order valence-corrected chi connectivity index (χ1v) is 3.84. The van der Waals surface area contributed by atoms with Crippen molar-refractivity contribution in [1.82, 2.24) is 0 Å². The SMILES string of the molecule is CCOCCOC[C@H](O)CN. The summed E-state index contributed by atoms with van der Waals surface area (Å²) in [7, 11) is 0. The van der Waals surface area contributed by atoms with Crippen LogP contribution in [0.5, 0.6) is 0 Å². The lowest BCUT2D eigenvalue weighted by Gasteiger charge is -2.07. The van der Waals surface area contributed by atoms with E-state index in [0.717, 1.165) is 0 Å². The summed E-state index contributed by atoms with van der Waals surface area (Å²) in [5.41, 5.74) is 5.15. The molecule has 0 spiro atoms. The number of hydrogen-bond donors (Lipinski definition) is 2. The minimum Gasteiger partial charge on any atom is -0.389 e. The Balaban J connectivity index is 2.89. The van der Waals surface area contributed by atoms with E-state index in [2.05, 4.69) is 0 Å². The molecule has 0 saturated carbocycles. The minimum absolute atomic E-state index is 0.245. The second-order valence-electron chi connectivity index (χ2n) is 2.16. The van der Waals surface area contributed by atoms with Crippen LogP contribution in [0, 0.1) is 0 Å². The van der Waals surface area contributed by atoms with Crippen LogP contribution in [-0.2, 0) is 9.47 Å². The van der Waals surface area contributed by atoms with Gasteiger partial charge in [-0.2, -0.15) is 0 Å². The molecule has 0 aliphatic carbocycles. The summed E-state index contributed by atoms with van der Waals surface area (Å²) in [5, 5.41) is 8.92. The van der Waals surface area contributed by atoms with Gasteiger partial charge >= 0.3 is 0 Å². The summed E-state index contributed by atoms with van der Waals surface area (Å²) in [6.07, 6.45) is -0.545. The van der Waals surface area contributed by atoms with Gasteiger partial charge in [0.2, 0.25) is 0 Å². The average molecular weight is 163 g/mol. The van der Waals surface area contributed by atoms with Crippen LogP contribution in [0.25, 0.3) is 0 Å². The van der Waals surface area contributed by atoms with Crippen LogP contribution in [-0.4, -0.2) is 44.2 Å². The Morgan fingerprint density at radius 1 is 1.36 bits per heavy atom. The van der Waals surface area contributed by atoms with Gasteiger partial charge in [-0.1, -0.05) is 0 Å². The van der Waals surface area contributed by atoms with E-state index >= 15 is 0 Å². The minimum atomic E-state index is -0.545. The first-order valence-electron chi connectivity index (χ1n) is 3.84. The summed E-state index contributed by atoms with van der Waals surface area (Å²) < 4.78 is 10.0. The van der Waals surface area contributed by atoms with Crippen molar-refractivity contribution in [3.8, 4) is 0 Å². The van der Waals surface area contributed by atoms with E-state index in [4.69, 9.17) is 20.3 Å². The maximum Gasteiger partial charge on any atom is 0.0895 e. The zero-order chi connectivity index (χ0) is 8.53. The highest BCUT2D eigenvalue weighted by Gasteiger charge is 1.98. The van der Waals surface area contributed by atoms with Crippen molar-refractivity contribution in [1.29, 1.82) is 0 Å². The topological polar surface area (TPSA) is 64.7 Å². The molecule has 0 unspecified atom stereocenters. The zero-order valence-electron chi connectivity index (χ0n) is 6.95. The van der Waals surface area contributed by atoms with Gasteiger partial charge in [-0.3, -0.25) is 0 Å². The molecule has 0 aliphatic rings. The monoisotopic (exact) mass is 163 g/mol. The van der Waals surface area contributed by atoms with Crippen LogP contribution in [0.4, 0.5) is 0 Å². The molecule has 0 aliphatic heterocycles. The molecule has 0 aromatic heterocycles. The second kappa shape index (κ2) is 7.94.